The van der Waals surface area contributed by atoms with Crippen LogP contribution >= 0.6 is 0 Å². The van der Waals surface area contributed by atoms with E-state index in [1.807, 2.05) is 24.3 Å². The molecule has 2 aromatic rings. The number of rotatable bonds is 7. The molecule has 0 bridgehead atoms. The molecule has 3 heteroatoms. The zero-order chi connectivity index (χ0) is 12.8. The van der Waals surface area contributed by atoms with E-state index in [0.29, 0.717) is 5.92 Å². The molecular weight excluding hydrogens is 226 g/mol. The second-order valence-corrected chi connectivity index (χ2v) is 4.84. The Hall–Kier alpha value is -1.48. The van der Waals surface area contributed by atoms with Crippen molar-refractivity contribution in [3.63, 3.8) is 0 Å². The van der Waals surface area contributed by atoms with Gasteiger partial charge in [-0.3, -0.25) is 4.90 Å². The standard InChI is InChI=1S/C15H21NO2/c1-3-13(2)10-16(11-14-6-4-8-17-14)12-15-7-5-9-18-15/h4-9,13H,3,10-12H2,1-2H3/t13-/m0/s1. The number of hydrogen-bond acceptors (Lipinski definition) is 3. The average molecular weight is 247 g/mol. The molecule has 98 valence electrons. The monoisotopic (exact) mass is 247 g/mol. The Morgan fingerprint density at radius 3 is 2.00 bits per heavy atom. The van der Waals surface area contributed by atoms with Crippen molar-refractivity contribution in [1.29, 1.82) is 0 Å². The summed E-state index contributed by atoms with van der Waals surface area (Å²) >= 11 is 0. The third-order valence-corrected chi connectivity index (χ3v) is 3.19. The number of nitrogens with zero attached hydrogens (tertiary/aromatic N) is 1. The Balaban J connectivity index is 1.97. The highest BCUT2D eigenvalue weighted by Gasteiger charge is 2.13. The molecule has 0 saturated heterocycles. The Kier molecular flexibility index (Phi) is 4.65. The molecule has 0 amide bonds. The third kappa shape index (κ3) is 3.77. The van der Waals surface area contributed by atoms with E-state index < -0.39 is 0 Å². The van der Waals surface area contributed by atoms with Crippen LogP contribution in [-0.4, -0.2) is 11.4 Å². The Labute approximate surface area is 108 Å². The van der Waals surface area contributed by atoms with Gasteiger partial charge in [-0.05, 0) is 30.2 Å². The Morgan fingerprint density at radius 2 is 1.61 bits per heavy atom. The summed E-state index contributed by atoms with van der Waals surface area (Å²) in [4.78, 5) is 2.37. The number of hydrogen-bond donors (Lipinski definition) is 0. The van der Waals surface area contributed by atoms with Crippen molar-refractivity contribution >= 4 is 0 Å². The van der Waals surface area contributed by atoms with E-state index in [2.05, 4.69) is 18.7 Å². The van der Waals surface area contributed by atoms with E-state index in [1.165, 1.54) is 6.42 Å². The molecule has 3 nitrogen and oxygen atoms in total. The van der Waals surface area contributed by atoms with Gasteiger partial charge in [0.05, 0.1) is 25.6 Å². The van der Waals surface area contributed by atoms with Crippen LogP contribution in [0.4, 0.5) is 0 Å². The first-order chi connectivity index (χ1) is 8.78. The van der Waals surface area contributed by atoms with E-state index in [-0.39, 0.29) is 0 Å². The minimum absolute atomic E-state index is 0.676. The summed E-state index contributed by atoms with van der Waals surface area (Å²) in [5.74, 6) is 2.68. The zero-order valence-corrected chi connectivity index (χ0v) is 11.1. The van der Waals surface area contributed by atoms with Crippen LogP contribution in [0.25, 0.3) is 0 Å². The van der Waals surface area contributed by atoms with Crippen LogP contribution in [0.3, 0.4) is 0 Å². The zero-order valence-electron chi connectivity index (χ0n) is 11.1. The van der Waals surface area contributed by atoms with Crippen molar-refractivity contribution in [3.05, 3.63) is 48.3 Å². The molecule has 0 radical (unpaired) electrons. The van der Waals surface area contributed by atoms with Crippen molar-refractivity contribution in [2.24, 2.45) is 5.92 Å². The molecule has 2 aromatic heterocycles. The van der Waals surface area contributed by atoms with Crippen LogP contribution in [0.2, 0.25) is 0 Å². The minimum atomic E-state index is 0.676. The van der Waals surface area contributed by atoms with E-state index in [4.69, 9.17) is 8.83 Å². The van der Waals surface area contributed by atoms with Crippen molar-refractivity contribution < 1.29 is 8.83 Å². The van der Waals surface area contributed by atoms with Crippen LogP contribution in [0.1, 0.15) is 31.8 Å². The van der Waals surface area contributed by atoms with Gasteiger partial charge in [0.25, 0.3) is 0 Å². The summed E-state index contributed by atoms with van der Waals surface area (Å²) in [6, 6.07) is 7.91. The van der Waals surface area contributed by atoms with E-state index in [1.54, 1.807) is 12.5 Å². The number of furan rings is 2. The molecule has 0 aliphatic heterocycles. The van der Waals surface area contributed by atoms with E-state index in [0.717, 1.165) is 31.2 Å². The van der Waals surface area contributed by atoms with E-state index >= 15 is 0 Å². The van der Waals surface area contributed by atoms with Gasteiger partial charge < -0.3 is 8.83 Å². The first-order valence-electron chi connectivity index (χ1n) is 6.55. The topological polar surface area (TPSA) is 29.5 Å². The summed E-state index contributed by atoms with van der Waals surface area (Å²) in [6.45, 7) is 7.22. The van der Waals surface area contributed by atoms with Crippen molar-refractivity contribution in [2.75, 3.05) is 6.54 Å². The summed E-state index contributed by atoms with van der Waals surface area (Å²) in [5.41, 5.74) is 0. The second kappa shape index (κ2) is 6.45. The summed E-state index contributed by atoms with van der Waals surface area (Å²) < 4.78 is 10.9. The van der Waals surface area contributed by atoms with Gasteiger partial charge in [0.1, 0.15) is 11.5 Å². The fourth-order valence-corrected chi connectivity index (χ4v) is 2.00. The van der Waals surface area contributed by atoms with Gasteiger partial charge >= 0.3 is 0 Å². The lowest BCUT2D eigenvalue weighted by molar-refractivity contribution is 0.189. The quantitative estimate of drug-likeness (QED) is 0.742. The van der Waals surface area contributed by atoms with Crippen molar-refractivity contribution in [1.82, 2.24) is 4.90 Å². The molecule has 1 atom stereocenters. The molecule has 2 rings (SSSR count). The summed E-state index contributed by atoms with van der Waals surface area (Å²) in [5, 5.41) is 0. The highest BCUT2D eigenvalue weighted by Crippen LogP contribution is 2.14. The van der Waals surface area contributed by atoms with Gasteiger partial charge in [-0.2, -0.15) is 0 Å². The third-order valence-electron chi connectivity index (χ3n) is 3.19. The molecule has 18 heavy (non-hydrogen) atoms. The molecule has 0 aliphatic carbocycles. The predicted octanol–water partition coefficient (Wildman–Crippen LogP) is 3.92. The maximum Gasteiger partial charge on any atom is 0.117 e. The summed E-state index contributed by atoms with van der Waals surface area (Å²) in [6.07, 6.45) is 4.64. The maximum atomic E-state index is 5.43. The molecule has 0 N–H and O–H groups in total. The van der Waals surface area contributed by atoms with Crippen LogP contribution in [-0.2, 0) is 13.1 Å². The SMILES string of the molecule is CC[C@H](C)CN(Cc1ccco1)Cc1ccco1. The van der Waals surface area contributed by atoms with Gasteiger partial charge in [0, 0.05) is 6.54 Å². The van der Waals surface area contributed by atoms with Crippen LogP contribution in [0, 0.1) is 5.92 Å². The fourth-order valence-electron chi connectivity index (χ4n) is 2.00. The van der Waals surface area contributed by atoms with Gasteiger partial charge in [0.2, 0.25) is 0 Å². The van der Waals surface area contributed by atoms with Gasteiger partial charge in [0.15, 0.2) is 0 Å². The smallest absolute Gasteiger partial charge is 0.117 e. The second-order valence-electron chi connectivity index (χ2n) is 4.84. The summed E-state index contributed by atoms with van der Waals surface area (Å²) in [7, 11) is 0. The molecule has 0 unspecified atom stereocenters. The molecule has 0 fully saturated rings. The molecule has 2 heterocycles. The molecule has 0 aliphatic rings. The van der Waals surface area contributed by atoms with Crippen molar-refractivity contribution in [3.8, 4) is 0 Å². The maximum absolute atomic E-state index is 5.43. The van der Waals surface area contributed by atoms with Crippen LogP contribution in [0.5, 0.6) is 0 Å². The normalized spacial score (nSPS) is 13.1. The fraction of sp³-hybridized carbons (Fsp3) is 0.467. The minimum Gasteiger partial charge on any atom is -0.468 e. The highest BCUT2D eigenvalue weighted by atomic mass is 16.3. The first-order valence-corrected chi connectivity index (χ1v) is 6.55. The highest BCUT2D eigenvalue weighted by molar-refractivity contribution is 5.01. The van der Waals surface area contributed by atoms with Gasteiger partial charge in [-0.1, -0.05) is 20.3 Å². The Bertz CT molecular complexity index is 383. The molecule has 0 saturated carbocycles. The van der Waals surface area contributed by atoms with Gasteiger partial charge in [-0.15, -0.1) is 0 Å². The molecule has 0 spiro atoms. The lowest BCUT2D eigenvalue weighted by atomic mass is 10.1. The average Bonchev–Trinajstić information content (AvgIpc) is 3.02. The molecule has 0 aromatic carbocycles. The van der Waals surface area contributed by atoms with Crippen LogP contribution in [0.15, 0.2) is 45.6 Å². The first kappa shape index (κ1) is 13.0. The van der Waals surface area contributed by atoms with E-state index in [9.17, 15) is 0 Å². The molecular formula is C15H21NO2. The van der Waals surface area contributed by atoms with Crippen LogP contribution < -0.4 is 0 Å². The largest absolute Gasteiger partial charge is 0.468 e. The lowest BCUT2D eigenvalue weighted by Crippen LogP contribution is -2.27. The van der Waals surface area contributed by atoms with Crippen molar-refractivity contribution in [2.45, 2.75) is 33.4 Å². The predicted molar refractivity (Wildman–Crippen MR) is 71.0 cm³/mol. The Morgan fingerprint density at radius 1 is 1.06 bits per heavy atom. The van der Waals surface area contributed by atoms with Gasteiger partial charge in [-0.25, -0.2) is 0 Å². The lowest BCUT2D eigenvalue weighted by Gasteiger charge is -2.23.